The fourth-order valence-electron chi connectivity index (χ4n) is 3.34. The molecule has 1 aliphatic rings. The van der Waals surface area contributed by atoms with Gasteiger partial charge in [0.1, 0.15) is 0 Å². The lowest BCUT2D eigenvalue weighted by Gasteiger charge is -2.31. The Hall–Kier alpha value is -3.10. The molecule has 1 saturated heterocycles. The van der Waals surface area contributed by atoms with E-state index in [0.717, 1.165) is 5.56 Å². The Morgan fingerprint density at radius 3 is 2.37 bits per heavy atom. The monoisotopic (exact) mass is 421 g/mol. The van der Waals surface area contributed by atoms with Crippen molar-refractivity contribution in [1.29, 1.82) is 0 Å². The summed E-state index contributed by atoms with van der Waals surface area (Å²) >= 11 is 0. The van der Waals surface area contributed by atoms with Crippen LogP contribution in [0.25, 0.3) is 0 Å². The van der Waals surface area contributed by atoms with E-state index in [9.17, 15) is 22.8 Å². The minimum absolute atomic E-state index is 0.161. The third kappa shape index (κ3) is 5.95. The molecule has 0 bridgehead atoms. The predicted octanol–water partition coefficient (Wildman–Crippen LogP) is 3.70. The van der Waals surface area contributed by atoms with Gasteiger partial charge in [-0.1, -0.05) is 36.4 Å². The molecule has 0 radical (unpaired) electrons. The number of carbonyl (C=O) groups excluding carboxylic acids is 2. The summed E-state index contributed by atoms with van der Waals surface area (Å²) in [5.74, 6) is -0.538. The number of likely N-dealkylation sites (tertiary alicyclic amines) is 1. The summed E-state index contributed by atoms with van der Waals surface area (Å²) in [7, 11) is 0. The lowest BCUT2D eigenvalue weighted by Crippen LogP contribution is -2.44. The number of ether oxygens (including phenoxy) is 1. The van der Waals surface area contributed by atoms with Gasteiger partial charge in [0, 0.05) is 25.2 Å². The Labute approximate surface area is 172 Å². The molecule has 0 saturated carbocycles. The Morgan fingerprint density at radius 1 is 1.10 bits per heavy atom. The van der Waals surface area contributed by atoms with Gasteiger partial charge in [0.05, 0.1) is 11.7 Å². The van der Waals surface area contributed by atoms with Gasteiger partial charge < -0.3 is 15.0 Å². The summed E-state index contributed by atoms with van der Waals surface area (Å²) < 4.78 is 40.9. The maximum Gasteiger partial charge on any atom is 0.422 e. The van der Waals surface area contributed by atoms with Crippen molar-refractivity contribution in [3.8, 4) is 0 Å². The molecule has 2 amide bonds. The van der Waals surface area contributed by atoms with Crippen molar-refractivity contribution in [2.45, 2.75) is 25.1 Å². The van der Waals surface area contributed by atoms with Crippen LogP contribution in [0.15, 0.2) is 54.7 Å². The van der Waals surface area contributed by atoms with Crippen LogP contribution in [-0.2, 0) is 9.53 Å². The third-order valence-corrected chi connectivity index (χ3v) is 4.89. The van der Waals surface area contributed by atoms with Crippen molar-refractivity contribution in [2.24, 2.45) is 5.92 Å². The van der Waals surface area contributed by atoms with Crippen LogP contribution in [0.4, 0.5) is 18.0 Å². The molecule has 9 heteroatoms. The number of amides is 2. The molecule has 2 heterocycles. The van der Waals surface area contributed by atoms with E-state index < -0.39 is 24.9 Å². The van der Waals surface area contributed by atoms with Crippen molar-refractivity contribution in [3.63, 3.8) is 0 Å². The number of aromatic nitrogens is 1. The lowest BCUT2D eigenvalue weighted by molar-refractivity contribution is -0.162. The van der Waals surface area contributed by atoms with E-state index in [0.29, 0.717) is 18.5 Å². The van der Waals surface area contributed by atoms with Crippen LogP contribution in [0, 0.1) is 5.92 Å². The molecule has 1 fully saturated rings. The van der Waals surface area contributed by atoms with Crippen LogP contribution < -0.4 is 5.32 Å². The predicted molar refractivity (Wildman–Crippen MR) is 102 cm³/mol. The molecule has 1 unspecified atom stereocenters. The zero-order chi connectivity index (χ0) is 21.6. The van der Waals surface area contributed by atoms with E-state index in [1.54, 1.807) is 12.3 Å². The van der Waals surface area contributed by atoms with E-state index in [1.165, 1.54) is 4.90 Å². The highest BCUT2D eigenvalue weighted by atomic mass is 19.4. The maximum absolute atomic E-state index is 12.9. The molecule has 3 rings (SSSR count). The molecular formula is C21H22F3N3O3. The first kappa shape index (κ1) is 21.6. The van der Waals surface area contributed by atoms with Crippen LogP contribution in [0.2, 0.25) is 0 Å². The minimum Gasteiger partial charge on any atom is -0.440 e. The summed E-state index contributed by atoms with van der Waals surface area (Å²) in [6, 6.07) is 14.5. The second kappa shape index (κ2) is 9.60. The lowest BCUT2D eigenvalue weighted by atomic mass is 9.94. The van der Waals surface area contributed by atoms with Crippen molar-refractivity contribution >= 4 is 12.0 Å². The summed E-state index contributed by atoms with van der Waals surface area (Å²) in [4.78, 5) is 30.2. The average molecular weight is 421 g/mol. The van der Waals surface area contributed by atoms with Gasteiger partial charge in [-0.05, 0) is 30.5 Å². The number of pyridine rings is 1. The van der Waals surface area contributed by atoms with Crippen molar-refractivity contribution in [3.05, 3.63) is 66.0 Å². The standard InChI is InChI=1S/C21H22F3N3O3/c22-21(23,24)14-30-20(29)27-12-9-16(10-13-27)19(28)26-18(15-6-2-1-3-7-15)17-8-4-5-11-25-17/h1-8,11,16,18H,9-10,12-14H2,(H,26,28). The zero-order valence-electron chi connectivity index (χ0n) is 16.1. The molecule has 6 nitrogen and oxygen atoms in total. The van der Waals surface area contributed by atoms with E-state index in [-0.39, 0.29) is 24.9 Å². The molecule has 1 atom stereocenters. The molecule has 1 aromatic carbocycles. The van der Waals surface area contributed by atoms with E-state index in [4.69, 9.17) is 0 Å². The van der Waals surface area contributed by atoms with Crippen LogP contribution in [0.1, 0.15) is 30.1 Å². The largest absolute Gasteiger partial charge is 0.440 e. The zero-order valence-corrected chi connectivity index (χ0v) is 16.1. The van der Waals surface area contributed by atoms with Crippen molar-refractivity contribution < 1.29 is 27.5 Å². The number of nitrogens with one attached hydrogen (secondary N) is 1. The van der Waals surface area contributed by atoms with Gasteiger partial charge in [0.15, 0.2) is 6.61 Å². The Balaban J connectivity index is 1.59. The molecule has 1 aromatic heterocycles. The number of carbonyl (C=O) groups is 2. The third-order valence-electron chi connectivity index (χ3n) is 4.89. The molecule has 1 aliphatic heterocycles. The SMILES string of the molecule is O=C(NC(c1ccccc1)c1ccccn1)C1CCN(C(=O)OCC(F)(F)F)CC1. The number of rotatable bonds is 5. The Bertz CT molecular complexity index is 799. The van der Waals surface area contributed by atoms with Crippen LogP contribution >= 0.6 is 0 Å². The van der Waals surface area contributed by atoms with Gasteiger partial charge >= 0.3 is 12.3 Å². The molecular weight excluding hydrogens is 399 g/mol. The molecule has 0 aliphatic carbocycles. The average Bonchev–Trinajstić information content (AvgIpc) is 2.76. The number of hydrogen-bond donors (Lipinski definition) is 1. The molecule has 1 N–H and O–H groups in total. The molecule has 160 valence electrons. The fourth-order valence-corrected chi connectivity index (χ4v) is 3.34. The quantitative estimate of drug-likeness (QED) is 0.799. The second-order valence-corrected chi connectivity index (χ2v) is 7.04. The van der Waals surface area contributed by atoms with Gasteiger partial charge in [0.25, 0.3) is 0 Å². The Morgan fingerprint density at radius 2 is 1.77 bits per heavy atom. The minimum atomic E-state index is -4.56. The topological polar surface area (TPSA) is 71.5 Å². The fraction of sp³-hybridized carbons (Fsp3) is 0.381. The molecule has 0 spiro atoms. The highest BCUT2D eigenvalue weighted by Crippen LogP contribution is 2.24. The number of nitrogens with zero attached hydrogens (tertiary/aromatic N) is 2. The Kier molecular flexibility index (Phi) is 6.91. The number of benzene rings is 1. The van der Waals surface area contributed by atoms with Gasteiger partial charge in [-0.2, -0.15) is 13.2 Å². The number of alkyl halides is 3. The van der Waals surface area contributed by atoms with Gasteiger partial charge in [-0.15, -0.1) is 0 Å². The van der Waals surface area contributed by atoms with E-state index >= 15 is 0 Å². The maximum atomic E-state index is 12.9. The summed E-state index contributed by atoms with van der Waals surface area (Å²) in [5, 5.41) is 3.02. The first-order chi connectivity index (χ1) is 14.3. The highest BCUT2D eigenvalue weighted by Gasteiger charge is 2.33. The van der Waals surface area contributed by atoms with Crippen LogP contribution in [-0.4, -0.2) is 47.8 Å². The highest BCUT2D eigenvalue weighted by molar-refractivity contribution is 5.80. The normalized spacial score (nSPS) is 16.0. The number of piperidine rings is 1. The molecule has 2 aromatic rings. The molecule has 30 heavy (non-hydrogen) atoms. The first-order valence-electron chi connectivity index (χ1n) is 9.58. The first-order valence-corrected chi connectivity index (χ1v) is 9.58. The summed E-state index contributed by atoms with van der Waals surface area (Å²) in [5.41, 5.74) is 1.59. The number of hydrogen-bond acceptors (Lipinski definition) is 4. The second-order valence-electron chi connectivity index (χ2n) is 7.04. The van der Waals surface area contributed by atoms with Gasteiger partial charge in [0.2, 0.25) is 5.91 Å². The van der Waals surface area contributed by atoms with Gasteiger partial charge in [-0.3, -0.25) is 9.78 Å². The van der Waals surface area contributed by atoms with Gasteiger partial charge in [-0.25, -0.2) is 4.79 Å². The van der Waals surface area contributed by atoms with Crippen molar-refractivity contribution in [2.75, 3.05) is 19.7 Å². The van der Waals surface area contributed by atoms with E-state index in [2.05, 4.69) is 15.0 Å². The van der Waals surface area contributed by atoms with E-state index in [1.807, 2.05) is 42.5 Å². The number of halogens is 3. The smallest absolute Gasteiger partial charge is 0.422 e. The van der Waals surface area contributed by atoms with Crippen LogP contribution in [0.3, 0.4) is 0 Å². The summed E-state index contributed by atoms with van der Waals surface area (Å²) in [6.07, 6.45) is -3.23. The van der Waals surface area contributed by atoms with Crippen LogP contribution in [0.5, 0.6) is 0 Å². The summed E-state index contributed by atoms with van der Waals surface area (Å²) in [6.45, 7) is -1.29. The van der Waals surface area contributed by atoms with Crippen molar-refractivity contribution in [1.82, 2.24) is 15.2 Å².